The minimum Gasteiger partial charge on any atom is -0.383 e. The summed E-state index contributed by atoms with van der Waals surface area (Å²) >= 11 is 0. The first kappa shape index (κ1) is 14.8. The lowest BCUT2D eigenvalue weighted by Crippen LogP contribution is -2.21. The van der Waals surface area contributed by atoms with E-state index in [-0.39, 0.29) is 6.54 Å². The van der Waals surface area contributed by atoms with Crippen LogP contribution in [-0.4, -0.2) is 32.1 Å². The standard InChI is InChI=1S/C12H18F3N3/c1-18(2)6-5-17-11-4-3-10(12(13,14)15)7-9(11)8-16/h3-4,7,17H,5-6,8,16H2,1-2H3. The van der Waals surface area contributed by atoms with E-state index in [0.717, 1.165) is 18.7 Å². The van der Waals surface area contributed by atoms with Crippen molar-refractivity contribution < 1.29 is 13.2 Å². The lowest BCUT2D eigenvalue weighted by molar-refractivity contribution is -0.137. The highest BCUT2D eigenvalue weighted by atomic mass is 19.4. The number of nitrogens with two attached hydrogens (primary N) is 1. The van der Waals surface area contributed by atoms with E-state index in [4.69, 9.17) is 5.73 Å². The van der Waals surface area contributed by atoms with Crippen molar-refractivity contribution in [3.8, 4) is 0 Å². The molecule has 0 aliphatic heterocycles. The predicted molar refractivity (Wildman–Crippen MR) is 66.4 cm³/mol. The maximum atomic E-state index is 12.5. The Morgan fingerprint density at radius 1 is 1.28 bits per heavy atom. The van der Waals surface area contributed by atoms with Crippen LogP contribution in [0.25, 0.3) is 0 Å². The Labute approximate surface area is 105 Å². The normalized spacial score (nSPS) is 11.9. The Hall–Kier alpha value is -1.27. The van der Waals surface area contributed by atoms with Gasteiger partial charge in [-0.2, -0.15) is 13.2 Å². The third-order valence-electron chi connectivity index (χ3n) is 2.53. The van der Waals surface area contributed by atoms with Crippen LogP contribution in [0.5, 0.6) is 0 Å². The van der Waals surface area contributed by atoms with Gasteiger partial charge in [0.1, 0.15) is 0 Å². The Bertz CT molecular complexity index is 389. The average molecular weight is 261 g/mol. The molecule has 0 heterocycles. The lowest BCUT2D eigenvalue weighted by atomic mass is 10.1. The molecule has 0 aromatic heterocycles. The smallest absolute Gasteiger partial charge is 0.383 e. The minimum absolute atomic E-state index is 0.0776. The highest BCUT2D eigenvalue weighted by Gasteiger charge is 2.30. The molecule has 1 rings (SSSR count). The largest absolute Gasteiger partial charge is 0.416 e. The molecular formula is C12H18F3N3. The van der Waals surface area contributed by atoms with Gasteiger partial charge in [0.05, 0.1) is 5.56 Å². The van der Waals surface area contributed by atoms with Crippen LogP contribution in [0.1, 0.15) is 11.1 Å². The van der Waals surface area contributed by atoms with Gasteiger partial charge in [-0.1, -0.05) is 0 Å². The maximum Gasteiger partial charge on any atom is 0.416 e. The molecule has 3 N–H and O–H groups in total. The number of alkyl halides is 3. The van der Waals surface area contributed by atoms with E-state index in [1.165, 1.54) is 6.07 Å². The molecule has 0 fully saturated rings. The number of nitrogens with zero attached hydrogens (tertiary/aromatic N) is 1. The predicted octanol–water partition coefficient (Wildman–Crippen LogP) is 2.14. The number of rotatable bonds is 5. The highest BCUT2D eigenvalue weighted by molar-refractivity contribution is 5.53. The highest BCUT2D eigenvalue weighted by Crippen LogP contribution is 2.31. The van der Waals surface area contributed by atoms with E-state index in [2.05, 4.69) is 5.32 Å². The van der Waals surface area contributed by atoms with Gasteiger partial charge in [0.15, 0.2) is 0 Å². The van der Waals surface area contributed by atoms with E-state index in [0.29, 0.717) is 17.8 Å². The molecular weight excluding hydrogens is 243 g/mol. The third kappa shape index (κ3) is 4.19. The van der Waals surface area contributed by atoms with E-state index in [1.807, 2.05) is 19.0 Å². The second-order valence-corrected chi connectivity index (χ2v) is 4.30. The summed E-state index contributed by atoms with van der Waals surface area (Å²) in [7, 11) is 3.86. The summed E-state index contributed by atoms with van der Waals surface area (Å²) in [6, 6.07) is 3.59. The van der Waals surface area contributed by atoms with Gasteiger partial charge in [-0.15, -0.1) is 0 Å². The van der Waals surface area contributed by atoms with Crippen LogP contribution >= 0.6 is 0 Å². The van der Waals surface area contributed by atoms with Crippen molar-refractivity contribution in [2.75, 3.05) is 32.5 Å². The van der Waals surface area contributed by atoms with Gasteiger partial charge >= 0.3 is 6.18 Å². The second kappa shape index (κ2) is 6.06. The van der Waals surface area contributed by atoms with Crippen LogP contribution in [0, 0.1) is 0 Å². The van der Waals surface area contributed by atoms with Gasteiger partial charge in [-0.25, -0.2) is 0 Å². The molecule has 0 aliphatic rings. The Morgan fingerprint density at radius 2 is 1.94 bits per heavy atom. The monoisotopic (exact) mass is 261 g/mol. The number of benzene rings is 1. The van der Waals surface area contributed by atoms with E-state index >= 15 is 0 Å². The molecule has 6 heteroatoms. The van der Waals surface area contributed by atoms with E-state index < -0.39 is 11.7 Å². The molecule has 1 aromatic carbocycles. The molecule has 0 radical (unpaired) electrons. The summed E-state index contributed by atoms with van der Waals surface area (Å²) in [5.41, 5.74) is 5.95. The number of anilines is 1. The van der Waals surface area contributed by atoms with Crippen molar-refractivity contribution >= 4 is 5.69 Å². The van der Waals surface area contributed by atoms with Crippen molar-refractivity contribution in [3.63, 3.8) is 0 Å². The Kier molecular flexibility index (Phi) is 4.98. The molecule has 1 aromatic rings. The SMILES string of the molecule is CN(C)CCNc1ccc(C(F)(F)F)cc1CN. The first-order valence-corrected chi connectivity index (χ1v) is 5.63. The fourth-order valence-corrected chi connectivity index (χ4v) is 1.53. The summed E-state index contributed by atoms with van der Waals surface area (Å²) in [5, 5.41) is 3.09. The van der Waals surface area contributed by atoms with Gasteiger partial charge < -0.3 is 16.0 Å². The van der Waals surface area contributed by atoms with Gasteiger partial charge in [-0.05, 0) is 37.9 Å². The quantitative estimate of drug-likeness (QED) is 0.853. The maximum absolute atomic E-state index is 12.5. The van der Waals surface area contributed by atoms with Gasteiger partial charge in [0.25, 0.3) is 0 Å². The minimum atomic E-state index is -4.33. The first-order chi connectivity index (χ1) is 8.34. The topological polar surface area (TPSA) is 41.3 Å². The van der Waals surface area contributed by atoms with Crippen LogP contribution in [-0.2, 0) is 12.7 Å². The van der Waals surface area contributed by atoms with Gasteiger partial charge in [0.2, 0.25) is 0 Å². The van der Waals surface area contributed by atoms with E-state index in [1.54, 1.807) is 0 Å². The number of halogens is 3. The van der Waals surface area contributed by atoms with Crippen molar-refractivity contribution in [3.05, 3.63) is 29.3 Å². The molecule has 0 aliphatic carbocycles. The average Bonchev–Trinajstić information content (AvgIpc) is 2.27. The molecule has 0 atom stereocenters. The molecule has 102 valence electrons. The van der Waals surface area contributed by atoms with Crippen LogP contribution in [0.4, 0.5) is 18.9 Å². The van der Waals surface area contributed by atoms with E-state index in [9.17, 15) is 13.2 Å². The summed E-state index contributed by atoms with van der Waals surface area (Å²) < 4.78 is 37.6. The number of nitrogens with one attached hydrogen (secondary N) is 1. The fourth-order valence-electron chi connectivity index (χ4n) is 1.53. The third-order valence-corrected chi connectivity index (χ3v) is 2.53. The zero-order valence-corrected chi connectivity index (χ0v) is 10.5. The van der Waals surface area contributed by atoms with Gasteiger partial charge in [0, 0.05) is 25.3 Å². The number of likely N-dealkylation sites (N-methyl/N-ethyl adjacent to an activating group) is 1. The number of hydrogen-bond donors (Lipinski definition) is 2. The number of hydrogen-bond acceptors (Lipinski definition) is 3. The molecule has 0 spiro atoms. The molecule has 18 heavy (non-hydrogen) atoms. The zero-order chi connectivity index (χ0) is 13.8. The van der Waals surface area contributed by atoms with Gasteiger partial charge in [-0.3, -0.25) is 0 Å². The fraction of sp³-hybridized carbons (Fsp3) is 0.500. The first-order valence-electron chi connectivity index (χ1n) is 5.63. The lowest BCUT2D eigenvalue weighted by Gasteiger charge is -2.15. The molecule has 0 bridgehead atoms. The Morgan fingerprint density at radius 3 is 2.44 bits per heavy atom. The zero-order valence-electron chi connectivity index (χ0n) is 10.5. The molecule has 0 saturated heterocycles. The van der Waals surface area contributed by atoms with Crippen LogP contribution in [0.3, 0.4) is 0 Å². The van der Waals surface area contributed by atoms with Crippen molar-refractivity contribution in [1.82, 2.24) is 4.90 Å². The Balaban J connectivity index is 2.81. The van der Waals surface area contributed by atoms with Crippen molar-refractivity contribution in [2.45, 2.75) is 12.7 Å². The van der Waals surface area contributed by atoms with Crippen LogP contribution in [0.2, 0.25) is 0 Å². The molecule has 0 unspecified atom stereocenters. The van der Waals surface area contributed by atoms with Crippen molar-refractivity contribution in [1.29, 1.82) is 0 Å². The van der Waals surface area contributed by atoms with Crippen molar-refractivity contribution in [2.24, 2.45) is 5.73 Å². The summed E-state index contributed by atoms with van der Waals surface area (Å²) in [6.45, 7) is 1.53. The molecule has 0 saturated carbocycles. The van der Waals surface area contributed by atoms with Crippen LogP contribution < -0.4 is 11.1 Å². The summed E-state index contributed by atoms with van der Waals surface area (Å²) in [6.07, 6.45) is -4.33. The van der Waals surface area contributed by atoms with Crippen LogP contribution in [0.15, 0.2) is 18.2 Å². The molecule has 3 nitrogen and oxygen atoms in total. The second-order valence-electron chi connectivity index (χ2n) is 4.30. The molecule has 0 amide bonds. The summed E-state index contributed by atoms with van der Waals surface area (Å²) in [5.74, 6) is 0. The summed E-state index contributed by atoms with van der Waals surface area (Å²) in [4.78, 5) is 1.99.